The molecule has 1 amide bonds. The van der Waals surface area contributed by atoms with Gasteiger partial charge in [0, 0.05) is 21.5 Å². The Bertz CT molecular complexity index is 1550. The molecule has 0 saturated carbocycles. The zero-order valence-electron chi connectivity index (χ0n) is 21.6. The van der Waals surface area contributed by atoms with Gasteiger partial charge in [-0.25, -0.2) is 13.9 Å². The molecule has 2 aliphatic rings. The molecule has 0 spiro atoms. The third-order valence-corrected chi connectivity index (χ3v) is 8.87. The van der Waals surface area contributed by atoms with Crippen molar-refractivity contribution in [3.8, 4) is 0 Å². The van der Waals surface area contributed by atoms with Crippen LogP contribution in [0, 0.1) is 11.7 Å². The maximum absolute atomic E-state index is 14.0. The molecule has 0 aliphatic heterocycles. The summed E-state index contributed by atoms with van der Waals surface area (Å²) >= 11 is 1.46. The second-order valence-corrected chi connectivity index (χ2v) is 11.5. The van der Waals surface area contributed by atoms with Gasteiger partial charge in [-0.3, -0.25) is 4.79 Å². The van der Waals surface area contributed by atoms with Gasteiger partial charge in [-0.15, -0.1) is 16.4 Å². The Morgan fingerprint density at radius 3 is 2.89 bits per heavy atom. The third-order valence-electron chi connectivity index (χ3n) is 7.71. The number of benzene rings is 1. The van der Waals surface area contributed by atoms with Gasteiger partial charge in [0.1, 0.15) is 23.1 Å². The number of nitrogens with one attached hydrogen (secondary N) is 1. The standard InChI is InChI=1S/C28H30FN5O3S/c1-16-7-9-20-24(11-16)38-27(26(20)28(36)37-2)30-25(35)15-33-13-18(31-32-33)14-34-22-6-4-3-5-19(22)21-12-17(29)8-10-23(21)34/h8,10,12-13,16H,3-7,9,11,14-15H2,1-2H3,(H,30,35). The van der Waals surface area contributed by atoms with Crippen LogP contribution in [-0.4, -0.2) is 38.5 Å². The van der Waals surface area contributed by atoms with E-state index in [-0.39, 0.29) is 18.3 Å². The van der Waals surface area contributed by atoms with Crippen molar-refractivity contribution in [2.24, 2.45) is 5.92 Å². The molecule has 1 unspecified atom stereocenters. The molecule has 0 saturated heterocycles. The number of hydrogen-bond acceptors (Lipinski definition) is 6. The molecule has 10 heteroatoms. The molecule has 0 fully saturated rings. The number of carbonyl (C=O) groups is 2. The van der Waals surface area contributed by atoms with Gasteiger partial charge in [0.25, 0.3) is 0 Å². The van der Waals surface area contributed by atoms with E-state index in [1.807, 2.05) is 6.07 Å². The number of halogens is 1. The van der Waals surface area contributed by atoms with E-state index in [0.717, 1.165) is 72.0 Å². The Kier molecular flexibility index (Phi) is 6.51. The summed E-state index contributed by atoms with van der Waals surface area (Å²) in [6.45, 7) is 2.68. The number of aromatic nitrogens is 4. The fourth-order valence-corrected chi connectivity index (χ4v) is 7.32. The van der Waals surface area contributed by atoms with E-state index >= 15 is 0 Å². The Morgan fingerprint density at radius 1 is 1.21 bits per heavy atom. The van der Waals surface area contributed by atoms with Gasteiger partial charge in [-0.05, 0) is 80.2 Å². The van der Waals surface area contributed by atoms with Crippen molar-refractivity contribution >= 4 is 39.1 Å². The Hall–Kier alpha value is -3.53. The number of nitrogens with zero attached hydrogens (tertiary/aromatic N) is 4. The van der Waals surface area contributed by atoms with Crippen LogP contribution < -0.4 is 5.32 Å². The maximum atomic E-state index is 14.0. The first-order valence-electron chi connectivity index (χ1n) is 13.1. The van der Waals surface area contributed by atoms with Crippen LogP contribution in [0.1, 0.15) is 63.9 Å². The van der Waals surface area contributed by atoms with Crippen LogP contribution in [-0.2, 0) is 48.3 Å². The number of methoxy groups -OCH3 is 1. The topological polar surface area (TPSA) is 91.0 Å². The van der Waals surface area contributed by atoms with Crippen LogP contribution in [0.2, 0.25) is 0 Å². The van der Waals surface area contributed by atoms with Gasteiger partial charge in [-0.2, -0.15) is 0 Å². The van der Waals surface area contributed by atoms with Crippen LogP contribution >= 0.6 is 11.3 Å². The molecule has 3 heterocycles. The van der Waals surface area contributed by atoms with Crippen LogP contribution in [0.15, 0.2) is 24.4 Å². The van der Waals surface area contributed by atoms with Crippen molar-refractivity contribution in [3.05, 3.63) is 63.2 Å². The second kappa shape index (κ2) is 9.98. The van der Waals surface area contributed by atoms with Crippen molar-refractivity contribution in [1.29, 1.82) is 0 Å². The van der Waals surface area contributed by atoms with E-state index in [4.69, 9.17) is 4.74 Å². The number of fused-ring (bicyclic) bond motifs is 4. The molecule has 1 aromatic carbocycles. The van der Waals surface area contributed by atoms with E-state index in [1.54, 1.807) is 12.3 Å². The lowest BCUT2D eigenvalue weighted by Gasteiger charge is -2.18. The number of carbonyl (C=O) groups excluding carboxylic acids is 2. The number of hydrogen-bond donors (Lipinski definition) is 1. The lowest BCUT2D eigenvalue weighted by atomic mass is 9.88. The van der Waals surface area contributed by atoms with Crippen molar-refractivity contribution in [3.63, 3.8) is 0 Å². The average Bonchev–Trinajstić information content (AvgIpc) is 3.58. The predicted molar refractivity (Wildman–Crippen MR) is 143 cm³/mol. The molecule has 6 rings (SSSR count). The molecule has 8 nitrogen and oxygen atoms in total. The molecule has 198 valence electrons. The number of ether oxygens (including phenoxy) is 1. The zero-order chi connectivity index (χ0) is 26.4. The summed E-state index contributed by atoms with van der Waals surface area (Å²) < 4.78 is 22.7. The van der Waals surface area contributed by atoms with Crippen LogP contribution in [0.4, 0.5) is 9.39 Å². The first-order valence-corrected chi connectivity index (χ1v) is 13.9. The van der Waals surface area contributed by atoms with Gasteiger partial charge in [0.2, 0.25) is 5.91 Å². The molecule has 0 radical (unpaired) electrons. The summed E-state index contributed by atoms with van der Waals surface area (Å²) in [6, 6.07) is 4.96. The number of amides is 1. The lowest BCUT2D eigenvalue weighted by Crippen LogP contribution is -2.20. The normalized spacial score (nSPS) is 16.8. The SMILES string of the molecule is COC(=O)c1c(NC(=O)Cn2cc(Cn3c4c(c5cc(F)ccc53)CCCC4)nn2)sc2c1CCC(C)C2. The molecule has 3 aromatic heterocycles. The average molecular weight is 536 g/mol. The minimum atomic E-state index is -0.419. The van der Waals surface area contributed by atoms with E-state index in [9.17, 15) is 14.0 Å². The smallest absolute Gasteiger partial charge is 0.341 e. The minimum absolute atomic E-state index is 0.0255. The number of esters is 1. The quantitative estimate of drug-likeness (QED) is 0.354. The van der Waals surface area contributed by atoms with Crippen molar-refractivity contribution in [2.75, 3.05) is 12.4 Å². The Balaban J connectivity index is 1.20. The molecule has 38 heavy (non-hydrogen) atoms. The van der Waals surface area contributed by atoms with Crippen LogP contribution in [0.3, 0.4) is 0 Å². The van der Waals surface area contributed by atoms with Gasteiger partial charge in [0.05, 0.1) is 25.4 Å². The zero-order valence-corrected chi connectivity index (χ0v) is 22.4. The van der Waals surface area contributed by atoms with Crippen molar-refractivity contribution in [1.82, 2.24) is 19.6 Å². The molecule has 2 aliphatic carbocycles. The molecule has 4 aromatic rings. The van der Waals surface area contributed by atoms with Gasteiger partial charge >= 0.3 is 5.97 Å². The summed E-state index contributed by atoms with van der Waals surface area (Å²) in [5, 5.41) is 12.9. The van der Waals surface area contributed by atoms with E-state index in [0.29, 0.717) is 23.0 Å². The maximum Gasteiger partial charge on any atom is 0.341 e. The van der Waals surface area contributed by atoms with E-state index < -0.39 is 5.97 Å². The number of rotatable bonds is 6. The number of aryl methyl sites for hydroxylation is 1. The Morgan fingerprint density at radius 2 is 2.05 bits per heavy atom. The van der Waals surface area contributed by atoms with Crippen molar-refractivity contribution < 1.29 is 18.7 Å². The highest BCUT2D eigenvalue weighted by molar-refractivity contribution is 7.17. The number of thiophene rings is 1. The molecular formula is C28H30FN5O3S. The monoisotopic (exact) mass is 535 g/mol. The summed E-state index contributed by atoms with van der Waals surface area (Å²) in [6.07, 6.45) is 8.61. The summed E-state index contributed by atoms with van der Waals surface area (Å²) in [7, 11) is 1.36. The van der Waals surface area contributed by atoms with Crippen LogP contribution in [0.5, 0.6) is 0 Å². The molecular weight excluding hydrogens is 505 g/mol. The third kappa shape index (κ3) is 4.51. The highest BCUT2D eigenvalue weighted by atomic mass is 32.1. The molecule has 1 N–H and O–H groups in total. The Labute approximate surface area is 223 Å². The molecule has 1 atom stereocenters. The fourth-order valence-electron chi connectivity index (χ4n) is 5.91. The van der Waals surface area contributed by atoms with Gasteiger partial charge in [0.15, 0.2) is 0 Å². The highest BCUT2D eigenvalue weighted by Gasteiger charge is 2.29. The lowest BCUT2D eigenvalue weighted by molar-refractivity contribution is -0.116. The van der Waals surface area contributed by atoms with E-state index in [2.05, 4.69) is 27.1 Å². The van der Waals surface area contributed by atoms with Gasteiger partial charge in [-0.1, -0.05) is 12.1 Å². The largest absolute Gasteiger partial charge is 0.465 e. The van der Waals surface area contributed by atoms with Crippen molar-refractivity contribution in [2.45, 2.75) is 65.0 Å². The second-order valence-electron chi connectivity index (χ2n) is 10.4. The first kappa shape index (κ1) is 24.8. The summed E-state index contributed by atoms with van der Waals surface area (Å²) in [5.41, 5.74) is 5.66. The summed E-state index contributed by atoms with van der Waals surface area (Å²) in [4.78, 5) is 26.6. The highest BCUT2D eigenvalue weighted by Crippen LogP contribution is 2.40. The van der Waals surface area contributed by atoms with Gasteiger partial charge < -0.3 is 14.6 Å². The minimum Gasteiger partial charge on any atom is -0.465 e. The number of anilines is 1. The fraction of sp³-hybridized carbons (Fsp3) is 0.429. The van der Waals surface area contributed by atoms with E-state index in [1.165, 1.54) is 40.5 Å². The predicted octanol–water partition coefficient (Wildman–Crippen LogP) is 4.91. The summed E-state index contributed by atoms with van der Waals surface area (Å²) in [5.74, 6) is -0.377. The first-order chi connectivity index (χ1) is 18.4. The molecule has 0 bridgehead atoms. The van der Waals surface area contributed by atoms with Crippen LogP contribution in [0.25, 0.3) is 10.9 Å².